The summed E-state index contributed by atoms with van der Waals surface area (Å²) in [6.45, 7) is 9.38. The van der Waals surface area contributed by atoms with Gasteiger partial charge in [-0.1, -0.05) is 107 Å². The number of aryl methyl sites for hydroxylation is 4. The predicted octanol–water partition coefficient (Wildman–Crippen LogP) is 5.85. The van der Waals surface area contributed by atoms with Crippen LogP contribution < -0.4 is 10.4 Å². The molecule has 0 unspecified atom stereocenters. The summed E-state index contributed by atoms with van der Waals surface area (Å²) in [6, 6.07) is 32.5. The first-order valence-electron chi connectivity index (χ1n) is 11.4. The van der Waals surface area contributed by atoms with Crippen LogP contribution in [-0.4, -0.2) is 8.07 Å². The highest BCUT2D eigenvalue weighted by Gasteiger charge is 2.64. The summed E-state index contributed by atoms with van der Waals surface area (Å²) in [7, 11) is -2.27. The Morgan fingerprint density at radius 1 is 0.419 bits per heavy atom. The van der Waals surface area contributed by atoms with Crippen LogP contribution in [0.5, 0.6) is 0 Å². The molecule has 0 atom stereocenters. The summed E-state index contributed by atoms with van der Waals surface area (Å²) in [5.41, 5.74) is 13.1. The van der Waals surface area contributed by atoms with Gasteiger partial charge in [0.25, 0.3) is 0 Å². The summed E-state index contributed by atoms with van der Waals surface area (Å²) in [6.07, 6.45) is 0. The molecular formula is C30H28Si. The van der Waals surface area contributed by atoms with Crippen molar-refractivity contribution in [2.24, 2.45) is 0 Å². The fraction of sp³-hybridized carbons (Fsp3) is 0.200. The van der Waals surface area contributed by atoms with Crippen LogP contribution in [0.4, 0.5) is 0 Å². The molecule has 0 saturated heterocycles. The molecule has 0 spiro atoms. The average Bonchev–Trinajstić information content (AvgIpc) is 3.21. The van der Waals surface area contributed by atoms with Crippen molar-refractivity contribution in [1.82, 2.24) is 0 Å². The third kappa shape index (κ3) is 2.25. The summed E-state index contributed by atoms with van der Waals surface area (Å²) in [4.78, 5) is 0. The second-order valence-electron chi connectivity index (χ2n) is 9.53. The SMILES string of the molecule is Cc1cccc(C)c1[Si]1(c2c(C)cccc2C)C2c3ccccc3C1c1ccccc12. The monoisotopic (exact) mass is 416 g/mol. The molecule has 1 heteroatoms. The summed E-state index contributed by atoms with van der Waals surface area (Å²) < 4.78 is 0. The molecule has 0 N–H and O–H groups in total. The van der Waals surface area contributed by atoms with Crippen LogP contribution in [0.15, 0.2) is 84.9 Å². The lowest BCUT2D eigenvalue weighted by Crippen LogP contribution is -2.65. The molecule has 0 radical (unpaired) electrons. The highest BCUT2D eigenvalue weighted by atomic mass is 28.3. The van der Waals surface area contributed by atoms with Gasteiger partial charge < -0.3 is 0 Å². The summed E-state index contributed by atoms with van der Waals surface area (Å²) in [5.74, 6) is 0. The van der Waals surface area contributed by atoms with Crippen molar-refractivity contribution in [3.63, 3.8) is 0 Å². The smallest absolute Gasteiger partial charge is 0.0620 e. The molecule has 31 heavy (non-hydrogen) atoms. The van der Waals surface area contributed by atoms with Gasteiger partial charge in [0.1, 0.15) is 8.07 Å². The van der Waals surface area contributed by atoms with Crippen molar-refractivity contribution < 1.29 is 0 Å². The molecule has 6 rings (SSSR count). The average molecular weight is 417 g/mol. The van der Waals surface area contributed by atoms with Crippen molar-refractivity contribution in [1.29, 1.82) is 0 Å². The van der Waals surface area contributed by atoms with Crippen LogP contribution in [0.3, 0.4) is 0 Å². The molecule has 0 aliphatic carbocycles. The third-order valence-corrected chi connectivity index (χ3v) is 14.2. The molecule has 152 valence electrons. The van der Waals surface area contributed by atoms with Gasteiger partial charge in [0.05, 0.1) is 0 Å². The van der Waals surface area contributed by atoms with Crippen molar-refractivity contribution in [2.75, 3.05) is 0 Å². The molecule has 2 aliphatic rings. The van der Waals surface area contributed by atoms with Crippen molar-refractivity contribution >= 4 is 18.4 Å². The van der Waals surface area contributed by atoms with Crippen molar-refractivity contribution in [2.45, 2.75) is 38.8 Å². The first-order chi connectivity index (χ1) is 15.1. The maximum Gasteiger partial charge on any atom is 0.142 e. The molecule has 2 bridgehead atoms. The standard InChI is InChI=1S/C30H28Si/c1-19-11-9-12-20(2)27(19)31(28-21(3)13-10-14-22(28)4)29-23-15-5-6-16-24(23)30(31)26-18-8-7-17-25(26)29/h5-18,29-30H,1-4H3. The minimum Gasteiger partial charge on any atom is -0.0620 e. The van der Waals surface area contributed by atoms with Crippen LogP contribution in [0.2, 0.25) is 0 Å². The number of hydrogen-bond acceptors (Lipinski definition) is 0. The highest BCUT2D eigenvalue weighted by Crippen LogP contribution is 2.60. The minimum absolute atomic E-state index is 0.476. The first-order valence-corrected chi connectivity index (χ1v) is 13.5. The van der Waals surface area contributed by atoms with Crippen molar-refractivity contribution in [3.05, 3.63) is 129 Å². The topological polar surface area (TPSA) is 0 Å². The maximum atomic E-state index is 2.42. The first kappa shape index (κ1) is 18.8. The molecule has 0 nitrogen and oxygen atoms in total. The highest BCUT2D eigenvalue weighted by molar-refractivity contribution is 7.07. The molecular weight excluding hydrogens is 388 g/mol. The third-order valence-electron chi connectivity index (χ3n) is 7.94. The van der Waals surface area contributed by atoms with E-state index in [9.17, 15) is 0 Å². The maximum absolute atomic E-state index is 2.42. The van der Waals surface area contributed by atoms with E-state index >= 15 is 0 Å². The molecule has 2 heterocycles. The normalized spacial score (nSPS) is 19.9. The van der Waals surface area contributed by atoms with Gasteiger partial charge in [0, 0.05) is 11.1 Å². The second kappa shape index (κ2) is 6.55. The number of rotatable bonds is 2. The van der Waals surface area contributed by atoms with Crippen LogP contribution in [-0.2, 0) is 0 Å². The van der Waals surface area contributed by atoms with Gasteiger partial charge in [-0.3, -0.25) is 0 Å². The zero-order chi connectivity index (χ0) is 21.3. The van der Waals surface area contributed by atoms with Gasteiger partial charge in [-0.15, -0.1) is 0 Å². The Balaban J connectivity index is 1.84. The van der Waals surface area contributed by atoms with Gasteiger partial charge in [-0.05, 0) is 60.3 Å². The van der Waals surface area contributed by atoms with E-state index in [1.807, 2.05) is 0 Å². The van der Waals surface area contributed by atoms with E-state index in [1.54, 1.807) is 32.6 Å². The summed E-state index contributed by atoms with van der Waals surface area (Å²) in [5, 5.41) is 3.32. The fourth-order valence-corrected chi connectivity index (χ4v) is 14.9. The molecule has 0 aromatic heterocycles. The van der Waals surface area contributed by atoms with E-state index in [4.69, 9.17) is 0 Å². The van der Waals surface area contributed by atoms with Crippen molar-refractivity contribution in [3.8, 4) is 0 Å². The molecule has 0 fully saturated rings. The van der Waals surface area contributed by atoms with Gasteiger partial charge in [0.15, 0.2) is 0 Å². The zero-order valence-corrected chi connectivity index (χ0v) is 19.7. The lowest BCUT2D eigenvalue weighted by atomic mass is 9.86. The number of fused-ring (bicyclic) bond motifs is 8. The Morgan fingerprint density at radius 3 is 1.00 bits per heavy atom. The Kier molecular flexibility index (Phi) is 3.98. The Morgan fingerprint density at radius 2 is 0.710 bits per heavy atom. The van der Waals surface area contributed by atoms with Crippen LogP contribution in [0.25, 0.3) is 0 Å². The fourth-order valence-electron chi connectivity index (χ4n) is 7.19. The van der Waals surface area contributed by atoms with Gasteiger partial charge in [-0.25, -0.2) is 0 Å². The molecule has 4 aromatic rings. The zero-order valence-electron chi connectivity index (χ0n) is 18.7. The van der Waals surface area contributed by atoms with Crippen LogP contribution in [0.1, 0.15) is 55.6 Å². The van der Waals surface area contributed by atoms with E-state index in [0.29, 0.717) is 11.1 Å². The van der Waals surface area contributed by atoms with Gasteiger partial charge in [-0.2, -0.15) is 0 Å². The van der Waals surface area contributed by atoms with E-state index < -0.39 is 8.07 Å². The van der Waals surface area contributed by atoms with Gasteiger partial charge >= 0.3 is 0 Å². The van der Waals surface area contributed by atoms with E-state index in [0.717, 1.165) is 0 Å². The predicted molar refractivity (Wildman–Crippen MR) is 133 cm³/mol. The minimum atomic E-state index is -2.27. The Hall–Kier alpha value is -2.90. The van der Waals surface area contributed by atoms with E-state index in [-0.39, 0.29) is 0 Å². The van der Waals surface area contributed by atoms with Crippen LogP contribution >= 0.6 is 0 Å². The lowest BCUT2D eigenvalue weighted by Gasteiger charge is -2.39. The second-order valence-corrected chi connectivity index (χ2v) is 13.4. The van der Waals surface area contributed by atoms with E-state index in [2.05, 4.69) is 113 Å². The number of hydrogen-bond donors (Lipinski definition) is 0. The molecule has 2 aliphatic heterocycles. The number of benzene rings is 4. The van der Waals surface area contributed by atoms with E-state index in [1.165, 1.54) is 22.3 Å². The largest absolute Gasteiger partial charge is 0.142 e. The lowest BCUT2D eigenvalue weighted by molar-refractivity contribution is 1.04. The Labute approximate surface area is 186 Å². The van der Waals surface area contributed by atoms with Crippen LogP contribution in [0, 0.1) is 27.7 Å². The molecule has 0 saturated carbocycles. The quantitative estimate of drug-likeness (QED) is 0.359. The van der Waals surface area contributed by atoms with Gasteiger partial charge in [0.2, 0.25) is 0 Å². The Bertz CT molecular complexity index is 1150. The molecule has 0 amide bonds. The summed E-state index contributed by atoms with van der Waals surface area (Å²) >= 11 is 0. The molecule has 4 aromatic carbocycles.